The predicted molar refractivity (Wildman–Crippen MR) is 434 cm³/mol. The van der Waals surface area contributed by atoms with Crippen molar-refractivity contribution in [2.45, 2.75) is 251 Å². The van der Waals surface area contributed by atoms with Crippen molar-refractivity contribution in [3.63, 3.8) is 0 Å². The Hall–Kier alpha value is -9.93. The number of carboxylic acids is 1. The number of likely N-dealkylation sites (tertiary alicyclic amines) is 1. The minimum atomic E-state index is -1.92. The van der Waals surface area contributed by atoms with E-state index in [4.69, 9.17) is 34.4 Å². The fourth-order valence-corrected chi connectivity index (χ4v) is 12.2. The lowest BCUT2D eigenvalue weighted by Gasteiger charge is -2.32. The number of carboxylic acid groups (broad SMARTS) is 1. The lowest BCUT2D eigenvalue weighted by atomic mass is 9.97. The summed E-state index contributed by atoms with van der Waals surface area (Å²) in [6, 6.07) is -21.2. The Bertz CT molecular complexity index is 3440. The molecule has 1 rings (SSSR count). The summed E-state index contributed by atoms with van der Waals surface area (Å²) < 4.78 is 0. The molecule has 0 aromatic heterocycles. The number of nitrogens with one attached hydrogen (secondary N) is 14. The zero-order valence-electron chi connectivity index (χ0n) is 68.5. The standard InChI is InChI=1S/C71H127N23O21S2/c1-13-35(9)52(88-48(99)27-72)65(110)83-41(21-22-47(73)98)56(101)80-28-49(100)89-51(34(7)8)68(113)94-25-17-20-46(94)63(108)84-42(26-32(3)4)59(104)85-43(29-95)60(105)81-40(19-16-24-79-71(76)77)58(103)92-55(38(12)97)67(112)90-50(33(5)6)64(109)82-39(18-15-23-78-70(74)75)57(102)86-44(30-116)62(107)93-54(37(11)96)66(111)87-45(31-117)61(106)91-53(69(114)115)36(10)14-2/h32-46,50-55,95-97,116-117H,13-31,72H2,1-12H3,(H2,73,98)(H,80,101)(H,81,105)(H,82,109)(H,83,110)(H,84,108)(H,85,104)(H,86,102)(H,87,111)(H,88,99)(H,89,100)(H,90,112)(H,91,106)(H,92,103)(H,93,107)(H,114,115)(H4,74,75,78)(H4,76,77,79)/t35-,36-,37+,38+,39-,40-,41-,42-,43-,44-,45-,46-,50-,51-,52-,53-,54-,55-/m0/s1. The molecule has 1 heterocycles. The molecule has 46 heteroatoms. The number of primary amides is 1. The van der Waals surface area contributed by atoms with Crippen molar-refractivity contribution >= 4 is 138 Å². The van der Waals surface area contributed by atoms with Gasteiger partial charge in [-0.1, -0.05) is 82.1 Å². The van der Waals surface area contributed by atoms with Crippen molar-refractivity contribution < 1.29 is 102 Å². The first-order valence-electron chi connectivity index (χ1n) is 38.8. The Balaban J connectivity index is 3.51. The fourth-order valence-electron chi connectivity index (χ4n) is 11.7. The van der Waals surface area contributed by atoms with Crippen LogP contribution in [-0.4, -0.2) is 285 Å². The zero-order valence-corrected chi connectivity index (χ0v) is 70.3. The number of nitrogens with zero attached hydrogens (tertiary/aromatic N) is 3. The molecule has 0 bridgehead atoms. The van der Waals surface area contributed by atoms with Gasteiger partial charge in [0, 0.05) is 37.6 Å². The smallest absolute Gasteiger partial charge is 0.326 e. The summed E-state index contributed by atoms with van der Waals surface area (Å²) in [6.45, 7) is 16.2. The van der Waals surface area contributed by atoms with Crippen LogP contribution < -0.4 is 109 Å². The van der Waals surface area contributed by atoms with Gasteiger partial charge in [-0.05, 0) is 94.8 Å². The van der Waals surface area contributed by atoms with E-state index in [1.165, 1.54) is 18.7 Å². The molecule has 0 aromatic carbocycles. The highest BCUT2D eigenvalue weighted by molar-refractivity contribution is 7.80. The van der Waals surface area contributed by atoms with Gasteiger partial charge in [-0.25, -0.2) is 4.79 Å². The number of aliphatic imine (C=N–C) groups is 2. The molecular weight excluding hydrogens is 1580 g/mol. The molecule has 0 aliphatic carbocycles. The normalized spacial score (nSPS) is 16.9. The highest BCUT2D eigenvalue weighted by Crippen LogP contribution is 2.22. The van der Waals surface area contributed by atoms with Crippen molar-refractivity contribution in [1.29, 1.82) is 0 Å². The Morgan fingerprint density at radius 3 is 1.27 bits per heavy atom. The molecule has 0 unspecified atom stereocenters. The van der Waals surface area contributed by atoms with E-state index in [9.17, 15) is 102 Å². The largest absolute Gasteiger partial charge is 0.480 e. The number of thiol groups is 2. The number of rotatable bonds is 54. The van der Waals surface area contributed by atoms with Gasteiger partial charge in [0.2, 0.25) is 94.5 Å². The fraction of sp³-hybridized carbons (Fsp3) is 0.732. The molecule has 1 saturated heterocycles. The first-order chi connectivity index (χ1) is 54.7. The third-order valence-electron chi connectivity index (χ3n) is 18.9. The van der Waals surface area contributed by atoms with E-state index in [-0.39, 0.29) is 94.6 Å². The molecule has 1 fully saturated rings. The van der Waals surface area contributed by atoms with Gasteiger partial charge >= 0.3 is 5.97 Å². The Labute approximate surface area is 691 Å². The molecule has 664 valence electrons. The summed E-state index contributed by atoms with van der Waals surface area (Å²) in [5.41, 5.74) is 32.9. The van der Waals surface area contributed by atoms with E-state index in [1.807, 2.05) is 0 Å². The van der Waals surface area contributed by atoms with E-state index >= 15 is 0 Å². The molecule has 1 aliphatic rings. The summed E-state index contributed by atoms with van der Waals surface area (Å²) in [7, 11) is 0. The molecule has 0 spiro atoms. The third kappa shape index (κ3) is 37.1. The van der Waals surface area contributed by atoms with Crippen LogP contribution in [0.3, 0.4) is 0 Å². The van der Waals surface area contributed by atoms with E-state index in [0.717, 1.165) is 13.8 Å². The zero-order chi connectivity index (χ0) is 89.4. The van der Waals surface area contributed by atoms with Crippen LogP contribution in [0.4, 0.5) is 0 Å². The Kier molecular flexibility index (Phi) is 48.0. The molecule has 0 radical (unpaired) electrons. The maximum absolute atomic E-state index is 14.4. The topological polar surface area (TPSA) is 724 Å². The predicted octanol–water partition coefficient (Wildman–Crippen LogP) is -9.12. The van der Waals surface area contributed by atoms with E-state index in [0.29, 0.717) is 19.3 Å². The van der Waals surface area contributed by atoms with Gasteiger partial charge in [-0.2, -0.15) is 25.3 Å². The maximum atomic E-state index is 14.4. The van der Waals surface area contributed by atoms with Gasteiger partial charge in [-0.15, -0.1) is 0 Å². The van der Waals surface area contributed by atoms with Gasteiger partial charge in [0.15, 0.2) is 11.9 Å². The second-order valence-corrected chi connectivity index (χ2v) is 30.5. The molecule has 117 heavy (non-hydrogen) atoms. The van der Waals surface area contributed by atoms with Crippen LogP contribution in [0.25, 0.3) is 0 Å². The molecule has 18 atom stereocenters. The van der Waals surface area contributed by atoms with Gasteiger partial charge in [0.1, 0.15) is 84.6 Å². The first kappa shape index (κ1) is 105. The number of carbonyl (C=O) groups is 17. The average molecular weight is 1700 g/mol. The van der Waals surface area contributed by atoms with Crippen molar-refractivity contribution in [1.82, 2.24) is 79.3 Å². The molecule has 16 amide bonds. The van der Waals surface area contributed by atoms with Crippen LogP contribution in [0.15, 0.2) is 9.98 Å². The first-order valence-corrected chi connectivity index (χ1v) is 40.0. The molecule has 0 saturated carbocycles. The number of hydrogen-bond acceptors (Lipinski definition) is 25. The molecular formula is C71H127N23O21S2. The minimum Gasteiger partial charge on any atom is -0.480 e. The molecule has 0 aromatic rings. The SMILES string of the molecule is CC[C@H](C)[C@H](NC(=O)[C@H](CS)NC(=O)[C@@H](NC(=O)[C@H](CS)NC(=O)[C@H](CCCN=C(N)N)NC(=O)[C@@H](NC(=O)[C@@H](NC(=O)[C@H](CCCN=C(N)N)NC(=O)[C@H](CO)NC(=O)[C@H](CC(C)C)NC(=O)[C@@H]1CCCN1C(=O)[C@@H](NC(=O)CNC(=O)[C@H](CCC(N)=O)NC(=O)[C@@H](NC(=O)CN)[C@@H](C)CC)C(C)C)[C@@H](C)O)C(C)C)[C@@H](C)O)C(=O)O. The molecule has 30 N–H and O–H groups in total. The summed E-state index contributed by atoms with van der Waals surface area (Å²) in [5.74, 6) is -20.7. The number of aliphatic hydroxyl groups is 3. The second-order valence-electron chi connectivity index (χ2n) is 29.7. The summed E-state index contributed by atoms with van der Waals surface area (Å²) >= 11 is 8.32. The van der Waals surface area contributed by atoms with Crippen LogP contribution in [0.2, 0.25) is 0 Å². The van der Waals surface area contributed by atoms with E-state index in [1.54, 1.807) is 55.4 Å². The van der Waals surface area contributed by atoms with Crippen molar-refractivity contribution in [3.05, 3.63) is 0 Å². The van der Waals surface area contributed by atoms with E-state index in [2.05, 4.69) is 110 Å². The van der Waals surface area contributed by atoms with Crippen molar-refractivity contribution in [2.75, 3.05) is 50.8 Å². The number of nitrogens with two attached hydrogens (primary N) is 6. The number of aliphatic hydroxyl groups excluding tert-OH is 3. The number of aliphatic carboxylic acids is 1. The number of amides is 16. The molecule has 44 nitrogen and oxygen atoms in total. The minimum absolute atomic E-state index is 0.00992. The quantitative estimate of drug-likeness (QED) is 0.0116. The van der Waals surface area contributed by atoms with Crippen molar-refractivity contribution in [2.24, 2.45) is 74.0 Å². The second kappa shape index (κ2) is 53.4. The van der Waals surface area contributed by atoms with Crippen LogP contribution in [0.1, 0.15) is 154 Å². The maximum Gasteiger partial charge on any atom is 0.326 e. The van der Waals surface area contributed by atoms with Gasteiger partial charge < -0.3 is 134 Å². The number of hydrogen-bond donors (Lipinski definition) is 26. The highest BCUT2D eigenvalue weighted by atomic mass is 32.1. The monoisotopic (exact) mass is 1700 g/mol. The number of carbonyl (C=O) groups excluding carboxylic acids is 16. The van der Waals surface area contributed by atoms with Crippen molar-refractivity contribution in [3.8, 4) is 0 Å². The Morgan fingerprint density at radius 1 is 0.453 bits per heavy atom. The van der Waals surface area contributed by atoms with Gasteiger partial charge in [0.05, 0.1) is 31.9 Å². The highest BCUT2D eigenvalue weighted by Gasteiger charge is 2.43. The van der Waals surface area contributed by atoms with Crippen LogP contribution >= 0.6 is 25.3 Å². The van der Waals surface area contributed by atoms with E-state index < -0.39 is 246 Å². The average Bonchev–Trinajstić information content (AvgIpc) is 1.75. The summed E-state index contributed by atoms with van der Waals surface area (Å²) in [5, 5.41) is 76.3. The van der Waals surface area contributed by atoms with Crippen LogP contribution in [0, 0.1) is 29.6 Å². The summed E-state index contributed by atoms with van der Waals surface area (Å²) in [4.78, 5) is 240. The lowest BCUT2D eigenvalue weighted by molar-refractivity contribution is -0.144. The third-order valence-corrected chi connectivity index (χ3v) is 19.6. The van der Waals surface area contributed by atoms with Crippen LogP contribution in [-0.2, 0) is 81.5 Å². The Morgan fingerprint density at radius 2 is 0.838 bits per heavy atom. The molecule has 1 aliphatic heterocycles. The lowest BCUT2D eigenvalue weighted by Crippen LogP contribution is -2.63. The van der Waals surface area contributed by atoms with Gasteiger partial charge in [-0.3, -0.25) is 86.7 Å². The number of guanidine groups is 2. The van der Waals surface area contributed by atoms with Crippen LogP contribution in [0.5, 0.6) is 0 Å². The van der Waals surface area contributed by atoms with Gasteiger partial charge in [0.25, 0.3) is 0 Å². The summed E-state index contributed by atoms with van der Waals surface area (Å²) in [6.07, 6.45) is -3.50.